The maximum Gasteiger partial charge on any atom is 0.0981 e. The molecule has 0 fully saturated rings. The molecule has 1 rings (SSSR count). The van der Waals surface area contributed by atoms with Gasteiger partial charge < -0.3 is 9.67 Å². The Balaban J connectivity index is 2.77. The van der Waals surface area contributed by atoms with Crippen molar-refractivity contribution in [2.75, 3.05) is 0 Å². The molecular formula is C9H16N2O. The van der Waals surface area contributed by atoms with E-state index in [0.29, 0.717) is 5.92 Å². The van der Waals surface area contributed by atoms with Gasteiger partial charge >= 0.3 is 0 Å². The van der Waals surface area contributed by atoms with Crippen molar-refractivity contribution in [3.63, 3.8) is 0 Å². The summed E-state index contributed by atoms with van der Waals surface area (Å²) in [7, 11) is 1.90. The highest BCUT2D eigenvalue weighted by Crippen LogP contribution is 2.22. The zero-order chi connectivity index (χ0) is 9.14. The summed E-state index contributed by atoms with van der Waals surface area (Å²) in [4.78, 5) is 3.96. The molecule has 0 aliphatic heterocycles. The molecule has 0 aliphatic carbocycles. The number of rotatable bonds is 3. The van der Waals surface area contributed by atoms with Gasteiger partial charge in [0.25, 0.3) is 0 Å². The van der Waals surface area contributed by atoms with Gasteiger partial charge in [-0.2, -0.15) is 0 Å². The molecule has 0 saturated carbocycles. The van der Waals surface area contributed by atoms with Crippen molar-refractivity contribution in [3.8, 4) is 0 Å². The van der Waals surface area contributed by atoms with Crippen LogP contribution in [0.25, 0.3) is 0 Å². The van der Waals surface area contributed by atoms with E-state index in [0.717, 1.165) is 12.1 Å². The van der Waals surface area contributed by atoms with E-state index >= 15 is 0 Å². The Kier molecular flexibility index (Phi) is 2.87. The molecule has 2 atom stereocenters. The van der Waals surface area contributed by atoms with Crippen LogP contribution in [0.3, 0.4) is 0 Å². The lowest BCUT2D eigenvalue weighted by Gasteiger charge is -2.16. The first-order valence-corrected chi connectivity index (χ1v) is 4.31. The van der Waals surface area contributed by atoms with Crippen LogP contribution in [0, 0.1) is 5.92 Å². The number of aromatic nitrogens is 2. The molecule has 0 aromatic carbocycles. The molecular weight excluding hydrogens is 152 g/mol. The molecule has 0 spiro atoms. The number of aryl methyl sites for hydroxylation is 1. The SMILES string of the molecule is CCC(C)C(O)c1cncn1C. The van der Waals surface area contributed by atoms with Crippen LogP contribution in [-0.2, 0) is 7.05 Å². The summed E-state index contributed by atoms with van der Waals surface area (Å²) >= 11 is 0. The van der Waals surface area contributed by atoms with E-state index in [1.54, 1.807) is 12.5 Å². The molecule has 0 saturated heterocycles. The predicted octanol–water partition coefficient (Wildman–Crippen LogP) is 1.50. The van der Waals surface area contributed by atoms with Crippen molar-refractivity contribution in [3.05, 3.63) is 18.2 Å². The van der Waals surface area contributed by atoms with Crippen molar-refractivity contribution in [2.45, 2.75) is 26.4 Å². The van der Waals surface area contributed by atoms with Crippen LogP contribution in [0.4, 0.5) is 0 Å². The van der Waals surface area contributed by atoms with Gasteiger partial charge in [-0.05, 0) is 5.92 Å². The van der Waals surface area contributed by atoms with Crippen LogP contribution in [0.15, 0.2) is 12.5 Å². The van der Waals surface area contributed by atoms with E-state index in [2.05, 4.69) is 11.9 Å². The van der Waals surface area contributed by atoms with E-state index in [1.165, 1.54) is 0 Å². The highest BCUT2D eigenvalue weighted by Gasteiger charge is 2.16. The van der Waals surface area contributed by atoms with Gasteiger partial charge in [-0.15, -0.1) is 0 Å². The van der Waals surface area contributed by atoms with Gasteiger partial charge in [0.05, 0.1) is 24.3 Å². The van der Waals surface area contributed by atoms with Crippen molar-refractivity contribution in [2.24, 2.45) is 13.0 Å². The van der Waals surface area contributed by atoms with Gasteiger partial charge in [0, 0.05) is 7.05 Å². The first kappa shape index (κ1) is 9.26. The summed E-state index contributed by atoms with van der Waals surface area (Å²) in [5.74, 6) is 0.292. The minimum Gasteiger partial charge on any atom is -0.387 e. The van der Waals surface area contributed by atoms with E-state index in [-0.39, 0.29) is 6.10 Å². The Morgan fingerprint density at radius 3 is 2.75 bits per heavy atom. The molecule has 3 nitrogen and oxygen atoms in total. The van der Waals surface area contributed by atoms with Crippen LogP contribution in [0.2, 0.25) is 0 Å². The highest BCUT2D eigenvalue weighted by molar-refractivity contribution is 5.02. The van der Waals surface area contributed by atoms with E-state index < -0.39 is 0 Å². The Bertz CT molecular complexity index is 244. The molecule has 2 unspecified atom stereocenters. The van der Waals surface area contributed by atoms with Crippen LogP contribution in [-0.4, -0.2) is 14.7 Å². The third-order valence-corrected chi connectivity index (χ3v) is 2.34. The smallest absolute Gasteiger partial charge is 0.0981 e. The number of imidazole rings is 1. The fourth-order valence-corrected chi connectivity index (χ4v) is 1.17. The Morgan fingerprint density at radius 1 is 1.67 bits per heavy atom. The average molecular weight is 168 g/mol. The van der Waals surface area contributed by atoms with Crippen molar-refractivity contribution >= 4 is 0 Å². The van der Waals surface area contributed by atoms with Gasteiger partial charge in [-0.3, -0.25) is 0 Å². The third-order valence-electron chi connectivity index (χ3n) is 2.34. The molecule has 0 bridgehead atoms. The molecule has 1 N–H and O–H groups in total. The minimum atomic E-state index is -0.387. The quantitative estimate of drug-likeness (QED) is 0.742. The summed E-state index contributed by atoms with van der Waals surface area (Å²) in [6.07, 6.45) is 4.02. The maximum absolute atomic E-state index is 9.80. The molecule has 1 heterocycles. The van der Waals surface area contributed by atoms with Crippen LogP contribution in [0.5, 0.6) is 0 Å². The molecule has 0 amide bonds. The van der Waals surface area contributed by atoms with Gasteiger partial charge in [0.15, 0.2) is 0 Å². The summed E-state index contributed by atoms with van der Waals surface area (Å²) in [5.41, 5.74) is 0.893. The zero-order valence-electron chi connectivity index (χ0n) is 7.86. The molecule has 68 valence electrons. The van der Waals surface area contributed by atoms with E-state index in [4.69, 9.17) is 0 Å². The van der Waals surface area contributed by atoms with Crippen LogP contribution < -0.4 is 0 Å². The minimum absolute atomic E-state index is 0.292. The first-order chi connectivity index (χ1) is 5.66. The highest BCUT2D eigenvalue weighted by atomic mass is 16.3. The number of hydrogen-bond acceptors (Lipinski definition) is 2. The molecule has 0 aliphatic rings. The number of nitrogens with zero attached hydrogens (tertiary/aromatic N) is 2. The molecule has 0 radical (unpaired) electrons. The lowest BCUT2D eigenvalue weighted by atomic mass is 10.00. The summed E-state index contributed by atoms with van der Waals surface area (Å²) < 4.78 is 1.86. The summed E-state index contributed by atoms with van der Waals surface area (Å²) in [6, 6.07) is 0. The normalized spacial score (nSPS) is 16.0. The largest absolute Gasteiger partial charge is 0.387 e. The fraction of sp³-hybridized carbons (Fsp3) is 0.667. The lowest BCUT2D eigenvalue weighted by molar-refractivity contribution is 0.108. The van der Waals surface area contributed by atoms with Gasteiger partial charge in [-0.25, -0.2) is 4.98 Å². The van der Waals surface area contributed by atoms with Crippen LogP contribution >= 0.6 is 0 Å². The molecule has 1 aromatic heterocycles. The van der Waals surface area contributed by atoms with E-state index in [1.807, 2.05) is 18.5 Å². The Morgan fingerprint density at radius 2 is 2.33 bits per heavy atom. The number of aliphatic hydroxyl groups excluding tert-OH is 1. The monoisotopic (exact) mass is 168 g/mol. The number of hydrogen-bond donors (Lipinski definition) is 1. The maximum atomic E-state index is 9.80. The standard InChI is InChI=1S/C9H16N2O/c1-4-7(2)9(12)8-5-10-6-11(8)3/h5-7,9,12H,4H2,1-3H3. The van der Waals surface area contributed by atoms with Crippen molar-refractivity contribution < 1.29 is 5.11 Å². The lowest BCUT2D eigenvalue weighted by Crippen LogP contribution is -2.11. The molecule has 1 aromatic rings. The van der Waals surface area contributed by atoms with Gasteiger partial charge in [-0.1, -0.05) is 20.3 Å². The molecule has 3 heteroatoms. The van der Waals surface area contributed by atoms with Gasteiger partial charge in [0.2, 0.25) is 0 Å². The second-order valence-corrected chi connectivity index (χ2v) is 3.26. The predicted molar refractivity (Wildman–Crippen MR) is 47.6 cm³/mol. The van der Waals surface area contributed by atoms with Crippen molar-refractivity contribution in [1.82, 2.24) is 9.55 Å². The fourth-order valence-electron chi connectivity index (χ4n) is 1.17. The van der Waals surface area contributed by atoms with Crippen LogP contribution in [0.1, 0.15) is 32.1 Å². The topological polar surface area (TPSA) is 38.1 Å². The third kappa shape index (κ3) is 1.67. The Hall–Kier alpha value is -0.830. The zero-order valence-corrected chi connectivity index (χ0v) is 7.86. The summed E-state index contributed by atoms with van der Waals surface area (Å²) in [6.45, 7) is 4.11. The second kappa shape index (κ2) is 3.72. The van der Waals surface area contributed by atoms with Crippen molar-refractivity contribution in [1.29, 1.82) is 0 Å². The Labute approximate surface area is 73.1 Å². The first-order valence-electron chi connectivity index (χ1n) is 4.31. The second-order valence-electron chi connectivity index (χ2n) is 3.26. The molecule has 12 heavy (non-hydrogen) atoms. The van der Waals surface area contributed by atoms with E-state index in [9.17, 15) is 5.11 Å². The van der Waals surface area contributed by atoms with Gasteiger partial charge in [0.1, 0.15) is 0 Å². The average Bonchev–Trinajstić information content (AvgIpc) is 2.48. The number of aliphatic hydroxyl groups is 1. The summed E-state index contributed by atoms with van der Waals surface area (Å²) in [5, 5.41) is 9.80.